The number of fused-ring (bicyclic) bond motifs is 2. The van der Waals surface area contributed by atoms with Crippen molar-refractivity contribution in [3.63, 3.8) is 0 Å². The molecule has 0 amide bonds. The predicted octanol–water partition coefficient (Wildman–Crippen LogP) is 4.43. The first-order chi connectivity index (χ1) is 11.8. The Labute approximate surface area is 150 Å². The molecular formula is C20H17ClO4. The number of ketones is 2. The Morgan fingerprint density at radius 3 is 2.04 bits per heavy atom. The fourth-order valence-corrected chi connectivity index (χ4v) is 3.35. The number of aromatic hydroxyl groups is 2. The van der Waals surface area contributed by atoms with E-state index in [1.807, 2.05) is 19.9 Å². The van der Waals surface area contributed by atoms with Gasteiger partial charge in [0.15, 0.2) is 11.6 Å². The number of phenolic OH excluding ortho intramolecular Hbond substituents is 2. The molecule has 0 radical (unpaired) electrons. The molecule has 0 aromatic heterocycles. The van der Waals surface area contributed by atoms with Crippen LogP contribution in [0.5, 0.6) is 11.5 Å². The molecular weight excluding hydrogens is 340 g/mol. The van der Waals surface area contributed by atoms with Crippen molar-refractivity contribution in [3.8, 4) is 11.5 Å². The minimum absolute atomic E-state index is 0.0843. The summed E-state index contributed by atoms with van der Waals surface area (Å²) in [5.41, 5.74) is 1.40. The number of halogens is 1. The van der Waals surface area contributed by atoms with Gasteiger partial charge in [0.25, 0.3) is 0 Å². The van der Waals surface area contributed by atoms with Crippen LogP contribution >= 0.6 is 11.6 Å². The van der Waals surface area contributed by atoms with Crippen LogP contribution in [-0.4, -0.2) is 21.8 Å². The van der Waals surface area contributed by atoms with E-state index < -0.39 is 17.3 Å². The van der Waals surface area contributed by atoms with Crippen molar-refractivity contribution < 1.29 is 19.8 Å². The minimum atomic E-state index is -0.518. The van der Waals surface area contributed by atoms with Crippen LogP contribution in [0.4, 0.5) is 0 Å². The number of carbonyl (C=O) groups excluding carboxylic acids is 2. The van der Waals surface area contributed by atoms with Gasteiger partial charge in [-0.3, -0.25) is 9.59 Å². The Morgan fingerprint density at radius 2 is 1.52 bits per heavy atom. The molecule has 0 spiro atoms. The molecule has 128 valence electrons. The third-order valence-corrected chi connectivity index (χ3v) is 4.71. The number of benzene rings is 2. The zero-order valence-corrected chi connectivity index (χ0v) is 14.6. The summed E-state index contributed by atoms with van der Waals surface area (Å²) in [7, 11) is 0. The second-order valence-corrected chi connectivity index (χ2v) is 6.64. The molecule has 0 unspecified atom stereocenters. The molecule has 0 heterocycles. The molecule has 5 heteroatoms. The molecule has 2 N–H and O–H groups in total. The zero-order valence-electron chi connectivity index (χ0n) is 13.9. The van der Waals surface area contributed by atoms with Gasteiger partial charge in [0.05, 0.1) is 16.1 Å². The standard InChI is InChI=1S/C20H17ClO4/c1-10(2)6-5-9-13-16(21)20(25)15-14(19(13)24)17(22)11-7-3-4-8-12(11)18(15)23/h3-4,6-8,24-25H,5,9H2,1-2H3. The second-order valence-electron chi connectivity index (χ2n) is 6.26. The summed E-state index contributed by atoms with van der Waals surface area (Å²) in [5, 5.41) is 21.0. The van der Waals surface area contributed by atoms with Crippen molar-refractivity contribution in [2.75, 3.05) is 0 Å². The average molecular weight is 357 g/mol. The monoisotopic (exact) mass is 356 g/mol. The molecule has 0 saturated carbocycles. The normalized spacial score (nSPS) is 12.6. The number of carbonyl (C=O) groups is 2. The molecule has 2 aromatic rings. The molecule has 1 aliphatic rings. The second kappa shape index (κ2) is 6.37. The van der Waals surface area contributed by atoms with Gasteiger partial charge >= 0.3 is 0 Å². The van der Waals surface area contributed by atoms with Gasteiger partial charge in [0, 0.05) is 16.7 Å². The van der Waals surface area contributed by atoms with E-state index >= 15 is 0 Å². The van der Waals surface area contributed by atoms with Gasteiger partial charge in [-0.05, 0) is 26.7 Å². The van der Waals surface area contributed by atoms with Crippen molar-refractivity contribution >= 4 is 23.2 Å². The Balaban J connectivity index is 2.21. The predicted molar refractivity (Wildman–Crippen MR) is 95.8 cm³/mol. The highest BCUT2D eigenvalue weighted by atomic mass is 35.5. The summed E-state index contributed by atoms with van der Waals surface area (Å²) < 4.78 is 0. The summed E-state index contributed by atoms with van der Waals surface area (Å²) in [5.74, 6) is -1.78. The first-order valence-corrected chi connectivity index (χ1v) is 8.30. The van der Waals surface area contributed by atoms with Crippen LogP contribution < -0.4 is 0 Å². The highest BCUT2D eigenvalue weighted by Crippen LogP contribution is 2.45. The van der Waals surface area contributed by atoms with E-state index in [0.717, 1.165) is 5.57 Å². The number of rotatable bonds is 3. The first-order valence-electron chi connectivity index (χ1n) is 7.92. The van der Waals surface area contributed by atoms with Gasteiger partial charge in [-0.1, -0.05) is 47.5 Å². The zero-order chi connectivity index (χ0) is 18.3. The molecule has 4 nitrogen and oxygen atoms in total. The highest BCUT2D eigenvalue weighted by molar-refractivity contribution is 6.37. The van der Waals surface area contributed by atoms with Gasteiger partial charge in [0.2, 0.25) is 0 Å². The summed E-state index contributed by atoms with van der Waals surface area (Å²) in [6, 6.07) is 6.34. The molecule has 0 bridgehead atoms. The van der Waals surface area contributed by atoms with Crippen LogP contribution in [-0.2, 0) is 6.42 Å². The fourth-order valence-electron chi connectivity index (χ4n) is 3.07. The fraction of sp³-hybridized carbons (Fsp3) is 0.200. The van der Waals surface area contributed by atoms with Crippen LogP contribution in [0.3, 0.4) is 0 Å². The lowest BCUT2D eigenvalue weighted by Crippen LogP contribution is -2.22. The lowest BCUT2D eigenvalue weighted by molar-refractivity contribution is 0.0974. The Hall–Kier alpha value is -2.59. The van der Waals surface area contributed by atoms with Crippen LogP contribution in [0.25, 0.3) is 0 Å². The van der Waals surface area contributed by atoms with E-state index in [1.54, 1.807) is 12.1 Å². The molecule has 3 rings (SSSR count). The molecule has 25 heavy (non-hydrogen) atoms. The van der Waals surface area contributed by atoms with Crippen LogP contribution in [0.15, 0.2) is 35.9 Å². The van der Waals surface area contributed by atoms with Crippen molar-refractivity contribution in [3.05, 3.63) is 68.8 Å². The van der Waals surface area contributed by atoms with E-state index in [4.69, 9.17) is 11.6 Å². The number of hydrogen-bond donors (Lipinski definition) is 2. The Kier molecular flexibility index (Phi) is 4.39. The molecule has 0 fully saturated rings. The van der Waals surface area contributed by atoms with E-state index in [1.165, 1.54) is 12.1 Å². The van der Waals surface area contributed by atoms with E-state index in [-0.39, 0.29) is 38.6 Å². The lowest BCUT2D eigenvalue weighted by Gasteiger charge is -2.22. The summed E-state index contributed by atoms with van der Waals surface area (Å²) in [6.07, 6.45) is 2.90. The largest absolute Gasteiger partial charge is 0.507 e. The third-order valence-electron chi connectivity index (χ3n) is 4.30. The van der Waals surface area contributed by atoms with Crippen molar-refractivity contribution in [2.24, 2.45) is 0 Å². The minimum Gasteiger partial charge on any atom is -0.507 e. The smallest absolute Gasteiger partial charge is 0.198 e. The molecule has 0 saturated heterocycles. The van der Waals surface area contributed by atoms with Crippen LogP contribution in [0.2, 0.25) is 5.02 Å². The maximum absolute atomic E-state index is 12.8. The SMILES string of the molecule is CC(C)=CCCc1c(O)c2c(c(O)c1Cl)C(=O)c1ccccc1C2=O. The van der Waals surface area contributed by atoms with Gasteiger partial charge in [-0.2, -0.15) is 0 Å². The molecule has 2 aromatic carbocycles. The van der Waals surface area contributed by atoms with E-state index in [0.29, 0.717) is 12.8 Å². The molecule has 0 aliphatic heterocycles. The van der Waals surface area contributed by atoms with Gasteiger partial charge in [0.1, 0.15) is 11.5 Å². The van der Waals surface area contributed by atoms with Crippen molar-refractivity contribution in [1.29, 1.82) is 0 Å². The van der Waals surface area contributed by atoms with E-state index in [9.17, 15) is 19.8 Å². The first kappa shape index (κ1) is 17.2. The van der Waals surface area contributed by atoms with Gasteiger partial charge < -0.3 is 10.2 Å². The van der Waals surface area contributed by atoms with Crippen molar-refractivity contribution in [2.45, 2.75) is 26.7 Å². The highest BCUT2D eigenvalue weighted by Gasteiger charge is 2.37. The molecule has 0 atom stereocenters. The summed E-state index contributed by atoms with van der Waals surface area (Å²) in [6.45, 7) is 3.90. The number of hydrogen-bond acceptors (Lipinski definition) is 4. The maximum atomic E-state index is 12.8. The lowest BCUT2D eigenvalue weighted by atomic mass is 9.81. The topological polar surface area (TPSA) is 74.6 Å². The Morgan fingerprint density at radius 1 is 1.00 bits per heavy atom. The van der Waals surface area contributed by atoms with E-state index in [2.05, 4.69) is 0 Å². The average Bonchev–Trinajstić information content (AvgIpc) is 2.58. The Bertz CT molecular complexity index is 937. The van der Waals surface area contributed by atoms with Crippen LogP contribution in [0.1, 0.15) is 57.7 Å². The quantitative estimate of drug-likeness (QED) is 0.538. The van der Waals surface area contributed by atoms with Gasteiger partial charge in [-0.25, -0.2) is 0 Å². The third kappa shape index (κ3) is 2.72. The summed E-state index contributed by atoms with van der Waals surface area (Å²) >= 11 is 6.20. The van der Waals surface area contributed by atoms with Gasteiger partial charge in [-0.15, -0.1) is 0 Å². The number of phenols is 2. The summed E-state index contributed by atoms with van der Waals surface area (Å²) in [4.78, 5) is 25.5. The molecule has 1 aliphatic carbocycles. The maximum Gasteiger partial charge on any atom is 0.198 e. The van der Waals surface area contributed by atoms with Crippen molar-refractivity contribution in [1.82, 2.24) is 0 Å². The van der Waals surface area contributed by atoms with Crippen LogP contribution in [0, 0.1) is 0 Å². The number of allylic oxidation sites excluding steroid dienone is 2.